The highest BCUT2D eigenvalue weighted by molar-refractivity contribution is 6.30. The number of anilines is 1. The summed E-state index contributed by atoms with van der Waals surface area (Å²) in [7, 11) is 3.32. The van der Waals surface area contributed by atoms with Crippen molar-refractivity contribution in [2.75, 3.05) is 19.2 Å². The number of aryl methyl sites for hydroxylation is 1. The predicted molar refractivity (Wildman–Crippen MR) is 157 cm³/mol. The molecular formula is C32H27ClN4O2. The van der Waals surface area contributed by atoms with E-state index in [2.05, 4.69) is 31.2 Å². The van der Waals surface area contributed by atoms with Crippen molar-refractivity contribution in [3.05, 3.63) is 113 Å². The van der Waals surface area contributed by atoms with Gasteiger partial charge in [-0.2, -0.15) is 5.10 Å². The van der Waals surface area contributed by atoms with Crippen LogP contribution >= 0.6 is 11.6 Å². The van der Waals surface area contributed by atoms with E-state index in [0.717, 1.165) is 50.5 Å². The van der Waals surface area contributed by atoms with Crippen molar-refractivity contribution < 1.29 is 9.47 Å². The van der Waals surface area contributed by atoms with Gasteiger partial charge in [0.15, 0.2) is 0 Å². The van der Waals surface area contributed by atoms with Crippen molar-refractivity contribution in [2.24, 2.45) is 5.10 Å². The third-order valence-electron chi connectivity index (χ3n) is 6.98. The van der Waals surface area contributed by atoms with Gasteiger partial charge >= 0.3 is 0 Å². The van der Waals surface area contributed by atoms with Crippen LogP contribution in [0.15, 0.2) is 96.1 Å². The van der Waals surface area contributed by atoms with E-state index in [1.165, 1.54) is 5.56 Å². The number of para-hydroxylation sites is 1. The smallest absolute Gasteiger partial charge is 0.247 e. The maximum absolute atomic E-state index is 6.20. The van der Waals surface area contributed by atoms with Crippen LogP contribution in [0.4, 0.5) is 5.95 Å². The van der Waals surface area contributed by atoms with E-state index in [1.54, 1.807) is 14.2 Å². The van der Waals surface area contributed by atoms with Crippen molar-refractivity contribution in [1.82, 2.24) is 9.97 Å². The van der Waals surface area contributed by atoms with E-state index < -0.39 is 0 Å². The standard InChI is InChI=1S/C32H27ClN4O2/c1-20-7-6-8-22(17-20)28-19-29(26-16-15-24(38-2)18-30(26)39-3)37(36-28)32-34-27-10-5-4-9-25(27)31(35-32)21-11-13-23(33)14-12-21/h4-18,29H,19H2,1-3H3/t29-/m1/s1. The number of rotatable bonds is 6. The van der Waals surface area contributed by atoms with Gasteiger partial charge in [0.1, 0.15) is 11.5 Å². The van der Waals surface area contributed by atoms with Gasteiger partial charge in [-0.05, 0) is 42.8 Å². The first-order valence-corrected chi connectivity index (χ1v) is 13.1. The molecule has 194 valence electrons. The van der Waals surface area contributed by atoms with Gasteiger partial charge in [-0.3, -0.25) is 0 Å². The molecule has 5 aromatic rings. The Morgan fingerprint density at radius 2 is 1.64 bits per heavy atom. The lowest BCUT2D eigenvalue weighted by Gasteiger charge is -2.24. The lowest BCUT2D eigenvalue weighted by molar-refractivity contribution is 0.388. The normalized spacial score (nSPS) is 14.9. The van der Waals surface area contributed by atoms with Gasteiger partial charge in [-0.1, -0.05) is 71.8 Å². The summed E-state index contributed by atoms with van der Waals surface area (Å²) in [6.45, 7) is 2.09. The molecular weight excluding hydrogens is 508 g/mol. The molecule has 2 heterocycles. The Balaban J connectivity index is 1.54. The molecule has 6 rings (SSSR count). The summed E-state index contributed by atoms with van der Waals surface area (Å²) in [5.41, 5.74) is 6.83. The summed E-state index contributed by atoms with van der Waals surface area (Å²) < 4.78 is 11.3. The first-order valence-electron chi connectivity index (χ1n) is 12.7. The SMILES string of the molecule is COc1ccc([C@H]2CC(c3cccc(C)c3)=NN2c2nc(-c3ccc(Cl)cc3)c3ccccc3n2)c(OC)c1. The quantitative estimate of drug-likeness (QED) is 0.224. The van der Waals surface area contributed by atoms with Gasteiger partial charge in [-0.25, -0.2) is 15.0 Å². The average Bonchev–Trinajstić information content (AvgIpc) is 3.42. The molecule has 0 saturated carbocycles. The molecule has 1 aliphatic rings. The lowest BCUT2D eigenvalue weighted by atomic mass is 9.97. The first kappa shape index (κ1) is 24.9. The minimum absolute atomic E-state index is 0.180. The average molecular weight is 535 g/mol. The van der Waals surface area contributed by atoms with E-state index in [0.29, 0.717) is 17.4 Å². The number of ether oxygens (including phenoxy) is 2. The molecule has 4 aromatic carbocycles. The molecule has 0 spiro atoms. The Morgan fingerprint density at radius 3 is 2.41 bits per heavy atom. The Hall–Kier alpha value is -4.42. The third kappa shape index (κ3) is 4.79. The molecule has 0 saturated heterocycles. The Bertz CT molecular complexity index is 1700. The number of hydrogen-bond acceptors (Lipinski definition) is 6. The maximum atomic E-state index is 6.20. The van der Waals surface area contributed by atoms with Crippen molar-refractivity contribution in [3.63, 3.8) is 0 Å². The number of fused-ring (bicyclic) bond motifs is 1. The highest BCUT2D eigenvalue weighted by Crippen LogP contribution is 2.41. The zero-order valence-electron chi connectivity index (χ0n) is 21.9. The molecule has 0 unspecified atom stereocenters. The van der Waals surface area contributed by atoms with E-state index >= 15 is 0 Å². The largest absolute Gasteiger partial charge is 0.497 e. The highest BCUT2D eigenvalue weighted by Gasteiger charge is 2.34. The zero-order valence-corrected chi connectivity index (χ0v) is 22.7. The van der Waals surface area contributed by atoms with Crippen LogP contribution in [0.2, 0.25) is 5.02 Å². The number of hydrogen-bond donors (Lipinski definition) is 0. The van der Waals surface area contributed by atoms with Crippen LogP contribution in [0.3, 0.4) is 0 Å². The van der Waals surface area contributed by atoms with Gasteiger partial charge in [0, 0.05) is 34.0 Å². The van der Waals surface area contributed by atoms with Gasteiger partial charge in [0.25, 0.3) is 0 Å². The van der Waals surface area contributed by atoms with Gasteiger partial charge < -0.3 is 9.47 Å². The maximum Gasteiger partial charge on any atom is 0.247 e. The van der Waals surface area contributed by atoms with E-state index in [-0.39, 0.29) is 6.04 Å². The van der Waals surface area contributed by atoms with Crippen LogP contribution in [0.1, 0.15) is 29.2 Å². The summed E-state index contributed by atoms with van der Waals surface area (Å²) in [6, 6.07) is 29.9. The predicted octanol–water partition coefficient (Wildman–Crippen LogP) is 7.63. The number of halogens is 1. The second-order valence-electron chi connectivity index (χ2n) is 9.48. The topological polar surface area (TPSA) is 59.8 Å². The van der Waals surface area contributed by atoms with Crippen LogP contribution in [0, 0.1) is 6.92 Å². The van der Waals surface area contributed by atoms with Crippen LogP contribution in [0.5, 0.6) is 11.5 Å². The van der Waals surface area contributed by atoms with Crippen LogP contribution < -0.4 is 14.5 Å². The van der Waals surface area contributed by atoms with Gasteiger partial charge in [0.05, 0.1) is 37.2 Å². The first-order chi connectivity index (χ1) is 19.0. The van der Waals surface area contributed by atoms with Gasteiger partial charge in [0.2, 0.25) is 5.95 Å². The zero-order chi connectivity index (χ0) is 26.9. The molecule has 6 nitrogen and oxygen atoms in total. The summed E-state index contributed by atoms with van der Waals surface area (Å²) in [4.78, 5) is 10.1. The molecule has 0 aliphatic carbocycles. The summed E-state index contributed by atoms with van der Waals surface area (Å²) >= 11 is 6.20. The minimum atomic E-state index is -0.180. The second-order valence-corrected chi connectivity index (χ2v) is 9.92. The van der Waals surface area contributed by atoms with Crippen LogP contribution in [0.25, 0.3) is 22.2 Å². The van der Waals surface area contributed by atoms with Gasteiger partial charge in [-0.15, -0.1) is 0 Å². The summed E-state index contributed by atoms with van der Waals surface area (Å²) in [6.07, 6.45) is 0.665. The van der Waals surface area contributed by atoms with Crippen molar-refractivity contribution in [1.29, 1.82) is 0 Å². The fraction of sp³-hybridized carbons (Fsp3) is 0.156. The molecule has 0 N–H and O–H groups in total. The monoisotopic (exact) mass is 534 g/mol. The summed E-state index contributed by atoms with van der Waals surface area (Å²) in [5.74, 6) is 1.97. The molecule has 39 heavy (non-hydrogen) atoms. The Kier molecular flexibility index (Phi) is 6.63. The minimum Gasteiger partial charge on any atom is -0.497 e. The number of aromatic nitrogens is 2. The number of hydrazone groups is 1. The van der Waals surface area contributed by atoms with Crippen LogP contribution in [-0.2, 0) is 0 Å². The lowest BCUT2D eigenvalue weighted by Crippen LogP contribution is -2.21. The second kappa shape index (κ2) is 10.4. The van der Waals surface area contributed by atoms with Crippen molar-refractivity contribution in [3.8, 4) is 22.8 Å². The van der Waals surface area contributed by atoms with Crippen LogP contribution in [-0.4, -0.2) is 29.9 Å². The Labute approximate surface area is 232 Å². The molecule has 0 fully saturated rings. The molecule has 1 atom stereocenters. The van der Waals surface area contributed by atoms with E-state index in [4.69, 9.17) is 36.1 Å². The molecule has 1 aromatic heterocycles. The molecule has 0 amide bonds. The van der Waals surface area contributed by atoms with E-state index in [9.17, 15) is 0 Å². The van der Waals surface area contributed by atoms with Crippen molar-refractivity contribution in [2.45, 2.75) is 19.4 Å². The Morgan fingerprint density at radius 1 is 0.821 bits per heavy atom. The molecule has 0 radical (unpaired) electrons. The number of nitrogens with zero attached hydrogens (tertiary/aromatic N) is 4. The molecule has 7 heteroatoms. The number of benzene rings is 4. The summed E-state index contributed by atoms with van der Waals surface area (Å²) in [5, 5.41) is 8.68. The third-order valence-corrected chi connectivity index (χ3v) is 7.23. The molecule has 0 bridgehead atoms. The van der Waals surface area contributed by atoms with Crippen molar-refractivity contribution >= 4 is 34.2 Å². The number of methoxy groups -OCH3 is 2. The fourth-order valence-corrected chi connectivity index (χ4v) is 5.15. The fourth-order valence-electron chi connectivity index (χ4n) is 5.02. The molecule has 1 aliphatic heterocycles. The highest BCUT2D eigenvalue weighted by atomic mass is 35.5. The van der Waals surface area contributed by atoms with E-state index in [1.807, 2.05) is 71.7 Å².